The second kappa shape index (κ2) is 11.2. The number of hydrogen-bond acceptors (Lipinski definition) is 6. The minimum absolute atomic E-state index is 0.121. The molecule has 0 spiro atoms. The molecule has 3 amide bonds. The van der Waals surface area contributed by atoms with E-state index >= 15 is 0 Å². The Morgan fingerprint density at radius 1 is 1.09 bits per heavy atom. The Morgan fingerprint density at radius 3 is 2.68 bits per heavy atom. The lowest BCUT2D eigenvalue weighted by molar-refractivity contribution is 0.0949. The maximum Gasteiger partial charge on any atom is 0.326 e. The first-order valence-electron chi connectivity index (χ1n) is 11.9. The number of nitrogens with zero attached hydrogens (tertiary/aromatic N) is 4. The molecule has 3 heterocycles. The van der Waals surface area contributed by atoms with Crippen LogP contribution in [0.25, 0.3) is 0 Å². The number of aryl methyl sites for hydroxylation is 2. The number of urea groups is 1. The van der Waals surface area contributed by atoms with Gasteiger partial charge in [-0.25, -0.2) is 9.78 Å². The van der Waals surface area contributed by atoms with Crippen molar-refractivity contribution in [3.63, 3.8) is 0 Å². The highest BCUT2D eigenvalue weighted by atomic mass is 32.2. The highest BCUT2D eigenvalue weighted by Gasteiger charge is 2.26. The molecular formula is C25H34N6O2S. The molecule has 1 aromatic heterocycles. The molecule has 2 N–H and O–H groups in total. The van der Waals surface area contributed by atoms with Crippen molar-refractivity contribution in [3.05, 3.63) is 47.2 Å². The molecule has 1 fully saturated rings. The number of nitrogens with one attached hydrogen (secondary N) is 2. The van der Waals surface area contributed by atoms with Crippen LogP contribution in [0.4, 0.5) is 16.2 Å². The van der Waals surface area contributed by atoms with Crippen molar-refractivity contribution in [1.82, 2.24) is 20.1 Å². The van der Waals surface area contributed by atoms with Crippen LogP contribution < -0.4 is 15.5 Å². The summed E-state index contributed by atoms with van der Waals surface area (Å²) >= 11 is 1.68. The van der Waals surface area contributed by atoms with Crippen LogP contribution in [-0.2, 0) is 0 Å². The van der Waals surface area contributed by atoms with Crippen LogP contribution in [0.5, 0.6) is 0 Å². The first kappa shape index (κ1) is 24.5. The molecule has 0 saturated carbocycles. The third kappa shape index (κ3) is 6.08. The number of piperazine rings is 1. The number of anilines is 2. The van der Waals surface area contributed by atoms with Gasteiger partial charge in [0.25, 0.3) is 5.91 Å². The number of hydrogen-bond donors (Lipinski definition) is 2. The Morgan fingerprint density at radius 2 is 1.88 bits per heavy atom. The van der Waals surface area contributed by atoms with Crippen LogP contribution in [0, 0.1) is 13.8 Å². The average Bonchev–Trinajstić information content (AvgIpc) is 2.82. The molecule has 2 aliphatic heterocycles. The summed E-state index contributed by atoms with van der Waals surface area (Å²) in [4.78, 5) is 36.9. The third-order valence-corrected chi connectivity index (χ3v) is 7.20. The predicted octanol–water partition coefficient (Wildman–Crippen LogP) is 3.21. The van der Waals surface area contributed by atoms with Crippen molar-refractivity contribution in [3.8, 4) is 0 Å². The van der Waals surface area contributed by atoms with Gasteiger partial charge in [0.15, 0.2) is 0 Å². The fourth-order valence-corrected chi connectivity index (χ4v) is 5.46. The van der Waals surface area contributed by atoms with Gasteiger partial charge in [-0.2, -0.15) is 0 Å². The normalized spacial score (nSPS) is 16.7. The molecule has 0 aliphatic carbocycles. The van der Waals surface area contributed by atoms with Gasteiger partial charge in [0.2, 0.25) is 0 Å². The van der Waals surface area contributed by atoms with Gasteiger partial charge >= 0.3 is 6.03 Å². The molecule has 182 valence electrons. The zero-order chi connectivity index (χ0) is 24.1. The van der Waals surface area contributed by atoms with Gasteiger partial charge in [-0.15, -0.1) is 11.8 Å². The molecular weight excluding hydrogens is 448 g/mol. The topological polar surface area (TPSA) is 80.8 Å². The highest BCUT2D eigenvalue weighted by molar-refractivity contribution is 7.99. The smallest absolute Gasteiger partial charge is 0.326 e. The minimum Gasteiger partial charge on any atom is -0.352 e. The SMILES string of the molecule is Cc1cc(C)c2c(n1)SCCN2C(=O)Nc1cccc(C(=O)NCCCN2CCN(C)CC2)c1. The van der Waals surface area contributed by atoms with Crippen LogP contribution in [0.15, 0.2) is 35.4 Å². The summed E-state index contributed by atoms with van der Waals surface area (Å²) in [6.07, 6.45) is 0.922. The van der Waals surface area contributed by atoms with Crippen molar-refractivity contribution in [2.24, 2.45) is 0 Å². The van der Waals surface area contributed by atoms with Crippen molar-refractivity contribution >= 4 is 35.1 Å². The summed E-state index contributed by atoms with van der Waals surface area (Å²) in [5, 5.41) is 6.86. The zero-order valence-electron chi connectivity index (χ0n) is 20.3. The Hall–Kier alpha value is -2.62. The van der Waals surface area contributed by atoms with Crippen LogP contribution in [-0.4, -0.2) is 85.3 Å². The van der Waals surface area contributed by atoms with Crippen LogP contribution in [0.1, 0.15) is 28.0 Å². The van der Waals surface area contributed by atoms with E-state index in [9.17, 15) is 9.59 Å². The number of amides is 3. The van der Waals surface area contributed by atoms with E-state index in [0.717, 1.165) is 66.9 Å². The lowest BCUT2D eigenvalue weighted by Crippen LogP contribution is -2.45. The predicted molar refractivity (Wildman–Crippen MR) is 138 cm³/mol. The Kier molecular flexibility index (Phi) is 8.07. The van der Waals surface area contributed by atoms with Crippen LogP contribution in [0.3, 0.4) is 0 Å². The first-order chi connectivity index (χ1) is 16.4. The molecule has 0 unspecified atom stereocenters. The van der Waals surface area contributed by atoms with Gasteiger partial charge in [0.1, 0.15) is 5.03 Å². The van der Waals surface area contributed by atoms with E-state index in [1.54, 1.807) is 34.9 Å². The molecule has 0 radical (unpaired) electrons. The molecule has 34 heavy (non-hydrogen) atoms. The standard InChI is InChI=1S/C25H34N6O2S/c1-18-16-19(2)27-24-22(18)31(14-15-34-24)25(33)28-21-7-4-6-20(17-21)23(32)26-8-5-9-30-12-10-29(3)11-13-30/h4,6-7,16-17H,5,8-15H2,1-3H3,(H,26,32)(H,28,33). The van der Waals surface area contributed by atoms with E-state index in [2.05, 4.69) is 32.5 Å². The zero-order valence-corrected chi connectivity index (χ0v) is 21.1. The quantitative estimate of drug-likeness (QED) is 0.616. The van der Waals surface area contributed by atoms with Crippen molar-refractivity contribution in [2.75, 3.05) is 68.8 Å². The molecule has 1 saturated heterocycles. The number of likely N-dealkylation sites (N-methyl/N-ethyl adjacent to an activating group) is 1. The molecule has 2 aromatic rings. The lowest BCUT2D eigenvalue weighted by Gasteiger charge is -2.32. The van der Waals surface area contributed by atoms with Gasteiger partial charge in [0.05, 0.1) is 5.69 Å². The summed E-state index contributed by atoms with van der Waals surface area (Å²) in [6.45, 7) is 10.6. The van der Waals surface area contributed by atoms with E-state index in [0.29, 0.717) is 24.3 Å². The van der Waals surface area contributed by atoms with Crippen LogP contribution >= 0.6 is 11.8 Å². The average molecular weight is 483 g/mol. The number of thioether (sulfide) groups is 1. The number of carbonyl (C=O) groups is 2. The number of benzene rings is 1. The number of fused-ring (bicyclic) bond motifs is 1. The lowest BCUT2D eigenvalue weighted by atomic mass is 10.2. The highest BCUT2D eigenvalue weighted by Crippen LogP contribution is 2.36. The molecule has 9 heteroatoms. The van der Waals surface area contributed by atoms with Crippen molar-refractivity contribution < 1.29 is 9.59 Å². The number of rotatable bonds is 6. The second-order valence-corrected chi connectivity index (χ2v) is 10.1. The van der Waals surface area contributed by atoms with Gasteiger partial charge in [0, 0.05) is 62.0 Å². The van der Waals surface area contributed by atoms with E-state index in [4.69, 9.17) is 0 Å². The van der Waals surface area contributed by atoms with Crippen LogP contribution in [0.2, 0.25) is 0 Å². The van der Waals surface area contributed by atoms with E-state index in [-0.39, 0.29) is 11.9 Å². The van der Waals surface area contributed by atoms with Gasteiger partial charge < -0.3 is 20.4 Å². The number of carbonyl (C=O) groups excluding carboxylic acids is 2. The van der Waals surface area contributed by atoms with Gasteiger partial charge in [-0.1, -0.05) is 6.07 Å². The van der Waals surface area contributed by atoms with E-state index in [1.807, 2.05) is 26.0 Å². The summed E-state index contributed by atoms with van der Waals surface area (Å²) in [7, 11) is 2.15. The minimum atomic E-state index is -0.208. The molecule has 4 rings (SSSR count). The van der Waals surface area contributed by atoms with Crippen molar-refractivity contribution in [1.29, 1.82) is 0 Å². The fourth-order valence-electron chi connectivity index (χ4n) is 4.38. The van der Waals surface area contributed by atoms with E-state index < -0.39 is 0 Å². The second-order valence-electron chi connectivity index (χ2n) is 9.00. The molecule has 0 atom stereocenters. The number of aromatic nitrogens is 1. The summed E-state index contributed by atoms with van der Waals surface area (Å²) in [6, 6.07) is 8.90. The van der Waals surface area contributed by atoms with Crippen molar-refractivity contribution in [2.45, 2.75) is 25.3 Å². The maximum absolute atomic E-state index is 13.1. The molecule has 1 aromatic carbocycles. The monoisotopic (exact) mass is 482 g/mol. The summed E-state index contributed by atoms with van der Waals surface area (Å²) < 4.78 is 0. The third-order valence-electron chi connectivity index (χ3n) is 6.26. The maximum atomic E-state index is 13.1. The largest absolute Gasteiger partial charge is 0.352 e. The Labute approximate surface area is 206 Å². The molecule has 2 aliphatic rings. The fraction of sp³-hybridized carbons (Fsp3) is 0.480. The molecule has 8 nitrogen and oxygen atoms in total. The summed E-state index contributed by atoms with van der Waals surface area (Å²) in [5.41, 5.74) is 4.00. The molecule has 0 bridgehead atoms. The Bertz CT molecular complexity index is 1040. The Balaban J connectivity index is 1.31. The first-order valence-corrected chi connectivity index (χ1v) is 12.9. The van der Waals surface area contributed by atoms with Gasteiger partial charge in [-0.05, 0) is 63.7 Å². The van der Waals surface area contributed by atoms with Gasteiger partial charge in [-0.3, -0.25) is 9.69 Å². The van der Waals surface area contributed by atoms with E-state index in [1.165, 1.54) is 0 Å². The number of pyridine rings is 1. The summed E-state index contributed by atoms with van der Waals surface area (Å²) in [5.74, 6) is 0.678.